The summed E-state index contributed by atoms with van der Waals surface area (Å²) in [6.45, 7) is 5.48. The Bertz CT molecular complexity index is 1150. The average molecular weight is 509 g/mol. The SMILES string of the molecule is Cc1nc2cc(OC[C@H](O)CN3CCN(C(=O)Nc4ccc(C5CCCCC5)cc4)CC3)ccc2s1. The topological polar surface area (TPSA) is 77.9 Å². The summed E-state index contributed by atoms with van der Waals surface area (Å²) < 4.78 is 6.95. The van der Waals surface area contributed by atoms with Crippen molar-refractivity contribution < 1.29 is 14.6 Å². The van der Waals surface area contributed by atoms with Crippen molar-refractivity contribution in [2.45, 2.75) is 51.0 Å². The minimum Gasteiger partial charge on any atom is -0.491 e. The van der Waals surface area contributed by atoms with Crippen LogP contribution in [-0.4, -0.2) is 71.4 Å². The van der Waals surface area contributed by atoms with Crippen molar-refractivity contribution in [2.75, 3.05) is 44.6 Å². The number of hydrogen-bond donors (Lipinski definition) is 2. The molecular formula is C28H36N4O3S. The van der Waals surface area contributed by atoms with E-state index in [1.807, 2.05) is 42.2 Å². The van der Waals surface area contributed by atoms with E-state index in [0.29, 0.717) is 25.6 Å². The van der Waals surface area contributed by atoms with E-state index in [2.05, 4.69) is 27.3 Å². The van der Waals surface area contributed by atoms with Gasteiger partial charge in [-0.3, -0.25) is 4.90 Å². The largest absolute Gasteiger partial charge is 0.491 e. The number of aliphatic hydroxyl groups excluding tert-OH is 1. The second-order valence-electron chi connectivity index (χ2n) is 10.0. The number of nitrogens with one attached hydrogen (secondary N) is 1. The van der Waals surface area contributed by atoms with Crippen LogP contribution in [0.3, 0.4) is 0 Å². The number of benzene rings is 2. The van der Waals surface area contributed by atoms with E-state index in [-0.39, 0.29) is 12.6 Å². The van der Waals surface area contributed by atoms with Crippen LogP contribution < -0.4 is 10.1 Å². The van der Waals surface area contributed by atoms with Crippen LogP contribution in [0.4, 0.5) is 10.5 Å². The van der Waals surface area contributed by atoms with Gasteiger partial charge in [0.1, 0.15) is 18.5 Å². The molecule has 1 aliphatic carbocycles. The molecule has 1 atom stereocenters. The predicted octanol–water partition coefficient (Wildman–Crippen LogP) is 5.24. The smallest absolute Gasteiger partial charge is 0.321 e. The van der Waals surface area contributed by atoms with Gasteiger partial charge in [-0.2, -0.15) is 0 Å². The van der Waals surface area contributed by atoms with Crippen LogP contribution in [-0.2, 0) is 0 Å². The Balaban J connectivity index is 1.03. The zero-order valence-electron chi connectivity index (χ0n) is 21.0. The number of carbonyl (C=O) groups excluding carboxylic acids is 1. The normalized spacial score (nSPS) is 18.3. The lowest BCUT2D eigenvalue weighted by Crippen LogP contribution is -2.51. The molecule has 2 fully saturated rings. The van der Waals surface area contributed by atoms with Crippen molar-refractivity contribution in [3.8, 4) is 5.75 Å². The summed E-state index contributed by atoms with van der Waals surface area (Å²) in [5, 5.41) is 14.6. The molecule has 1 aromatic heterocycles. The number of aromatic nitrogens is 1. The molecule has 3 aromatic rings. The van der Waals surface area contributed by atoms with Crippen LogP contribution in [0.2, 0.25) is 0 Å². The molecule has 0 spiro atoms. The van der Waals surface area contributed by atoms with E-state index in [0.717, 1.165) is 39.8 Å². The Kier molecular flexibility index (Phi) is 8.04. The molecule has 7 nitrogen and oxygen atoms in total. The summed E-state index contributed by atoms with van der Waals surface area (Å²) in [4.78, 5) is 21.3. The van der Waals surface area contributed by atoms with Crippen LogP contribution in [0.1, 0.15) is 48.6 Å². The molecule has 0 unspecified atom stereocenters. The molecule has 8 heteroatoms. The van der Waals surface area contributed by atoms with Gasteiger partial charge in [0.15, 0.2) is 0 Å². The van der Waals surface area contributed by atoms with Crippen molar-refractivity contribution in [3.05, 3.63) is 53.0 Å². The van der Waals surface area contributed by atoms with Crippen LogP contribution in [0, 0.1) is 6.92 Å². The van der Waals surface area contributed by atoms with E-state index >= 15 is 0 Å². The maximum atomic E-state index is 12.8. The van der Waals surface area contributed by atoms with E-state index < -0.39 is 6.10 Å². The first-order valence-corrected chi connectivity index (χ1v) is 13.9. The van der Waals surface area contributed by atoms with Crippen LogP contribution >= 0.6 is 11.3 Å². The zero-order valence-corrected chi connectivity index (χ0v) is 21.8. The Morgan fingerprint density at radius 3 is 2.61 bits per heavy atom. The summed E-state index contributed by atoms with van der Waals surface area (Å²) in [7, 11) is 0. The minimum absolute atomic E-state index is 0.0587. The standard InChI is InChI=1S/C28H36N4O3S/c1-20-29-26-17-25(11-12-27(26)36-20)35-19-24(33)18-31-13-15-32(16-14-31)28(34)30-23-9-7-22(8-10-23)21-5-3-2-4-6-21/h7-12,17,21,24,33H,2-6,13-16,18-19H2,1H3,(H,30,34)/t24-/m1/s1. The third kappa shape index (κ3) is 6.35. The quantitative estimate of drug-likeness (QED) is 0.456. The summed E-state index contributed by atoms with van der Waals surface area (Å²) in [6, 6.07) is 14.2. The highest BCUT2D eigenvalue weighted by Crippen LogP contribution is 2.33. The van der Waals surface area contributed by atoms with E-state index in [1.54, 1.807) is 11.3 Å². The van der Waals surface area contributed by atoms with Crippen LogP contribution in [0.15, 0.2) is 42.5 Å². The van der Waals surface area contributed by atoms with Crippen molar-refractivity contribution >= 4 is 33.3 Å². The number of carbonyl (C=O) groups is 1. The predicted molar refractivity (Wildman–Crippen MR) is 145 cm³/mol. The summed E-state index contributed by atoms with van der Waals surface area (Å²) >= 11 is 1.66. The number of fused-ring (bicyclic) bond motifs is 1. The fraction of sp³-hybridized carbons (Fsp3) is 0.500. The van der Waals surface area contributed by atoms with Gasteiger partial charge < -0.3 is 20.1 Å². The monoisotopic (exact) mass is 508 g/mol. The molecule has 2 heterocycles. The van der Waals surface area contributed by atoms with Gasteiger partial charge in [-0.25, -0.2) is 9.78 Å². The minimum atomic E-state index is -0.596. The van der Waals surface area contributed by atoms with Crippen molar-refractivity contribution in [2.24, 2.45) is 0 Å². The number of amides is 2. The number of nitrogens with zero attached hydrogens (tertiary/aromatic N) is 3. The van der Waals surface area contributed by atoms with E-state index in [9.17, 15) is 9.90 Å². The highest BCUT2D eigenvalue weighted by Gasteiger charge is 2.23. The molecule has 0 radical (unpaired) electrons. The van der Waals surface area contributed by atoms with Gasteiger partial charge >= 0.3 is 6.03 Å². The highest BCUT2D eigenvalue weighted by molar-refractivity contribution is 7.18. The number of aliphatic hydroxyl groups is 1. The first-order valence-electron chi connectivity index (χ1n) is 13.1. The summed E-state index contributed by atoms with van der Waals surface area (Å²) in [5.41, 5.74) is 3.17. The van der Waals surface area contributed by atoms with Gasteiger partial charge in [-0.1, -0.05) is 31.4 Å². The number of urea groups is 1. The number of hydrogen-bond acceptors (Lipinski definition) is 6. The van der Waals surface area contributed by atoms with Gasteiger partial charge in [-0.05, 0) is 55.5 Å². The number of piperazine rings is 1. The van der Waals surface area contributed by atoms with Gasteiger partial charge in [-0.15, -0.1) is 11.3 Å². The number of rotatable bonds is 7. The molecule has 1 saturated heterocycles. The highest BCUT2D eigenvalue weighted by atomic mass is 32.1. The van der Waals surface area contributed by atoms with Gasteiger partial charge in [0, 0.05) is 44.5 Å². The Hall–Kier alpha value is -2.68. The second kappa shape index (κ2) is 11.6. The van der Waals surface area contributed by atoms with Crippen LogP contribution in [0.25, 0.3) is 10.2 Å². The van der Waals surface area contributed by atoms with E-state index in [4.69, 9.17) is 4.74 Å². The first-order chi connectivity index (χ1) is 17.5. The zero-order chi connectivity index (χ0) is 24.9. The maximum absolute atomic E-state index is 12.8. The molecule has 0 bridgehead atoms. The third-order valence-corrected chi connectivity index (χ3v) is 8.23. The third-order valence-electron chi connectivity index (χ3n) is 7.28. The lowest BCUT2D eigenvalue weighted by Gasteiger charge is -2.35. The molecule has 2 aromatic carbocycles. The molecule has 1 saturated carbocycles. The second-order valence-corrected chi connectivity index (χ2v) is 11.2. The Morgan fingerprint density at radius 1 is 1.11 bits per heavy atom. The molecule has 1 aliphatic heterocycles. The Morgan fingerprint density at radius 2 is 1.86 bits per heavy atom. The lowest BCUT2D eigenvalue weighted by atomic mass is 9.84. The molecule has 36 heavy (non-hydrogen) atoms. The van der Waals surface area contributed by atoms with Crippen molar-refractivity contribution in [1.82, 2.24) is 14.8 Å². The van der Waals surface area contributed by atoms with Gasteiger partial charge in [0.2, 0.25) is 0 Å². The summed E-state index contributed by atoms with van der Waals surface area (Å²) in [5.74, 6) is 1.39. The molecule has 2 amide bonds. The Labute approximate surface area is 217 Å². The molecule has 2 aliphatic rings. The van der Waals surface area contributed by atoms with Crippen molar-refractivity contribution in [1.29, 1.82) is 0 Å². The van der Waals surface area contributed by atoms with Crippen molar-refractivity contribution in [3.63, 3.8) is 0 Å². The first kappa shape index (κ1) is 25.0. The van der Waals surface area contributed by atoms with Gasteiger partial charge in [0.05, 0.1) is 15.2 Å². The number of anilines is 1. The molecular weight excluding hydrogens is 472 g/mol. The number of ether oxygens (including phenoxy) is 1. The average Bonchev–Trinajstić information content (AvgIpc) is 3.28. The number of thiazole rings is 1. The number of aryl methyl sites for hydroxylation is 1. The number of β-amino-alcohol motifs (C(OH)–C–C–N with tert-alkyl or cyclic N) is 1. The molecule has 2 N–H and O–H groups in total. The lowest BCUT2D eigenvalue weighted by molar-refractivity contribution is 0.0526. The van der Waals surface area contributed by atoms with Gasteiger partial charge in [0.25, 0.3) is 0 Å². The van der Waals surface area contributed by atoms with E-state index in [1.165, 1.54) is 37.7 Å². The molecule has 192 valence electrons. The summed E-state index contributed by atoms with van der Waals surface area (Å²) in [6.07, 6.45) is 5.96. The maximum Gasteiger partial charge on any atom is 0.321 e. The van der Waals surface area contributed by atoms with Crippen LogP contribution in [0.5, 0.6) is 5.75 Å². The fourth-order valence-electron chi connectivity index (χ4n) is 5.27. The fourth-order valence-corrected chi connectivity index (χ4v) is 6.07. The molecule has 5 rings (SSSR count).